The highest BCUT2D eigenvalue weighted by molar-refractivity contribution is 5.85. The Morgan fingerprint density at radius 3 is 2.61 bits per heavy atom. The van der Waals surface area contributed by atoms with Crippen LogP contribution in [0.4, 0.5) is 0 Å². The molecule has 0 bridgehead atoms. The number of carbonyl (C=O) groups is 1. The second kappa shape index (κ2) is 5.30. The summed E-state index contributed by atoms with van der Waals surface area (Å²) in [7, 11) is 0. The lowest BCUT2D eigenvalue weighted by Crippen LogP contribution is -2.49. The molecule has 1 aliphatic heterocycles. The third-order valence-electron chi connectivity index (χ3n) is 5.00. The van der Waals surface area contributed by atoms with Gasteiger partial charge in [0.2, 0.25) is 5.91 Å². The zero-order valence-corrected chi connectivity index (χ0v) is 11.6. The molecule has 3 atom stereocenters. The van der Waals surface area contributed by atoms with Crippen molar-refractivity contribution in [2.75, 3.05) is 13.1 Å². The first-order valence-electron chi connectivity index (χ1n) is 7.31. The van der Waals surface area contributed by atoms with Crippen LogP contribution in [-0.4, -0.2) is 23.9 Å². The maximum atomic E-state index is 12.5. The van der Waals surface area contributed by atoms with Crippen LogP contribution in [0.15, 0.2) is 0 Å². The second-order valence-corrected chi connectivity index (χ2v) is 6.14. The van der Waals surface area contributed by atoms with Gasteiger partial charge in [0.1, 0.15) is 5.41 Å². The van der Waals surface area contributed by atoms with Crippen LogP contribution in [0.25, 0.3) is 0 Å². The molecule has 0 radical (unpaired) electrons. The molecule has 1 aliphatic carbocycles. The van der Waals surface area contributed by atoms with Gasteiger partial charge >= 0.3 is 0 Å². The molecule has 18 heavy (non-hydrogen) atoms. The minimum absolute atomic E-state index is 0.0523. The molecule has 2 rings (SSSR count). The summed E-state index contributed by atoms with van der Waals surface area (Å²) in [5.41, 5.74) is -0.818. The number of rotatable bonds is 2. The molecule has 3 heteroatoms. The van der Waals surface area contributed by atoms with Gasteiger partial charge in [-0.25, -0.2) is 0 Å². The number of likely N-dealkylation sites (tertiary alicyclic amines) is 1. The quantitative estimate of drug-likeness (QED) is 0.754. The summed E-state index contributed by atoms with van der Waals surface area (Å²) < 4.78 is 0. The van der Waals surface area contributed by atoms with E-state index in [4.69, 9.17) is 0 Å². The van der Waals surface area contributed by atoms with Crippen LogP contribution in [0.1, 0.15) is 52.4 Å². The van der Waals surface area contributed by atoms with Crippen molar-refractivity contribution in [3.8, 4) is 6.07 Å². The predicted octanol–water partition coefficient (Wildman–Crippen LogP) is 2.96. The van der Waals surface area contributed by atoms with Crippen molar-refractivity contribution in [3.05, 3.63) is 0 Å². The molecular formula is C15H24N2O. The minimum Gasteiger partial charge on any atom is -0.341 e. The van der Waals surface area contributed by atoms with E-state index in [9.17, 15) is 10.1 Å². The Kier molecular flexibility index (Phi) is 3.94. The number of fused-ring (bicyclic) bond motifs is 1. The molecule has 0 N–H and O–H groups in total. The molecule has 0 aromatic rings. The number of carbonyl (C=O) groups excluding carboxylic acids is 1. The smallest absolute Gasteiger partial charge is 0.242 e. The van der Waals surface area contributed by atoms with Crippen molar-refractivity contribution in [1.82, 2.24) is 4.90 Å². The third-order valence-corrected chi connectivity index (χ3v) is 5.00. The summed E-state index contributed by atoms with van der Waals surface area (Å²) in [6, 6.07) is 2.21. The molecule has 1 heterocycles. The van der Waals surface area contributed by atoms with Crippen molar-refractivity contribution >= 4 is 5.91 Å². The lowest BCUT2D eigenvalue weighted by atomic mass is 9.74. The van der Waals surface area contributed by atoms with Crippen molar-refractivity contribution in [3.63, 3.8) is 0 Å². The van der Waals surface area contributed by atoms with Crippen molar-refractivity contribution < 1.29 is 4.79 Å². The highest BCUT2D eigenvalue weighted by Crippen LogP contribution is 2.37. The zero-order chi connectivity index (χ0) is 13.2. The average molecular weight is 248 g/mol. The maximum Gasteiger partial charge on any atom is 0.242 e. The Hall–Kier alpha value is -1.04. The van der Waals surface area contributed by atoms with Gasteiger partial charge in [0.15, 0.2) is 0 Å². The SMILES string of the molecule is CCC(C)(C#N)C(=O)N1CCC2CCCCC2C1. The summed E-state index contributed by atoms with van der Waals surface area (Å²) in [6.07, 6.45) is 7.03. The lowest BCUT2D eigenvalue weighted by molar-refractivity contribution is -0.141. The number of piperidine rings is 1. The van der Waals surface area contributed by atoms with Gasteiger partial charge in [0, 0.05) is 13.1 Å². The van der Waals surface area contributed by atoms with Crippen LogP contribution in [-0.2, 0) is 4.79 Å². The van der Waals surface area contributed by atoms with Gasteiger partial charge in [0.05, 0.1) is 6.07 Å². The van der Waals surface area contributed by atoms with Gasteiger partial charge in [-0.3, -0.25) is 4.79 Å². The molecule has 2 fully saturated rings. The van der Waals surface area contributed by atoms with Crippen molar-refractivity contribution in [2.24, 2.45) is 17.3 Å². The highest BCUT2D eigenvalue weighted by atomic mass is 16.2. The van der Waals surface area contributed by atoms with Crippen LogP contribution < -0.4 is 0 Å². The first kappa shape index (κ1) is 13.4. The number of amides is 1. The Morgan fingerprint density at radius 2 is 2.00 bits per heavy atom. The predicted molar refractivity (Wildman–Crippen MR) is 70.7 cm³/mol. The van der Waals surface area contributed by atoms with Crippen molar-refractivity contribution in [1.29, 1.82) is 5.26 Å². The third kappa shape index (κ3) is 2.39. The summed E-state index contributed by atoms with van der Waals surface area (Å²) in [4.78, 5) is 14.4. The van der Waals surface area contributed by atoms with Gasteiger partial charge in [0.25, 0.3) is 0 Å². The van der Waals surface area contributed by atoms with Crippen LogP contribution in [0.2, 0.25) is 0 Å². The standard InChI is InChI=1S/C15H24N2O/c1-3-15(2,11-16)14(18)17-9-8-12-6-4-5-7-13(12)10-17/h12-13H,3-10H2,1-2H3. The first-order valence-corrected chi connectivity index (χ1v) is 7.31. The number of nitriles is 1. The highest BCUT2D eigenvalue weighted by Gasteiger charge is 2.39. The first-order chi connectivity index (χ1) is 8.60. The Morgan fingerprint density at radius 1 is 1.33 bits per heavy atom. The lowest BCUT2D eigenvalue weighted by Gasteiger charge is -2.42. The number of nitrogens with zero attached hydrogens (tertiary/aromatic N) is 2. The second-order valence-electron chi connectivity index (χ2n) is 6.14. The molecule has 3 unspecified atom stereocenters. The van der Waals surface area contributed by atoms with E-state index < -0.39 is 5.41 Å². The fraction of sp³-hybridized carbons (Fsp3) is 0.867. The normalized spacial score (nSPS) is 31.1. The molecule has 100 valence electrons. The summed E-state index contributed by atoms with van der Waals surface area (Å²) in [6.45, 7) is 5.45. The van der Waals surface area contributed by atoms with E-state index in [1.165, 1.54) is 25.7 Å². The van der Waals surface area contributed by atoms with E-state index in [-0.39, 0.29) is 5.91 Å². The van der Waals surface area contributed by atoms with Gasteiger partial charge in [-0.1, -0.05) is 26.2 Å². The van der Waals surface area contributed by atoms with E-state index in [0.717, 1.165) is 25.4 Å². The van der Waals surface area contributed by atoms with Crippen LogP contribution in [0.5, 0.6) is 0 Å². The molecular weight excluding hydrogens is 224 g/mol. The monoisotopic (exact) mass is 248 g/mol. The summed E-state index contributed by atoms with van der Waals surface area (Å²) in [5.74, 6) is 1.57. The fourth-order valence-corrected chi connectivity index (χ4v) is 3.41. The average Bonchev–Trinajstić information content (AvgIpc) is 2.45. The van der Waals surface area contributed by atoms with Crippen molar-refractivity contribution in [2.45, 2.75) is 52.4 Å². The molecule has 1 amide bonds. The number of hydrogen-bond acceptors (Lipinski definition) is 2. The minimum atomic E-state index is -0.818. The zero-order valence-electron chi connectivity index (χ0n) is 11.6. The van der Waals surface area contributed by atoms with Gasteiger partial charge in [-0.15, -0.1) is 0 Å². The van der Waals surface area contributed by atoms with E-state index in [2.05, 4.69) is 6.07 Å². The Bertz CT molecular complexity index is 360. The Labute approximate surface area is 110 Å². The molecule has 0 aromatic heterocycles. The number of hydrogen-bond donors (Lipinski definition) is 0. The maximum absolute atomic E-state index is 12.5. The van der Waals surface area contributed by atoms with Gasteiger partial charge in [-0.2, -0.15) is 5.26 Å². The molecule has 1 saturated heterocycles. The molecule has 3 nitrogen and oxygen atoms in total. The van der Waals surface area contributed by atoms with Crippen LogP contribution >= 0.6 is 0 Å². The van der Waals surface area contributed by atoms with Crippen LogP contribution in [0.3, 0.4) is 0 Å². The van der Waals surface area contributed by atoms with E-state index >= 15 is 0 Å². The summed E-state index contributed by atoms with van der Waals surface area (Å²) >= 11 is 0. The summed E-state index contributed by atoms with van der Waals surface area (Å²) in [5, 5.41) is 9.22. The van der Waals surface area contributed by atoms with Gasteiger partial charge in [-0.05, 0) is 38.0 Å². The van der Waals surface area contributed by atoms with E-state index in [0.29, 0.717) is 12.3 Å². The largest absolute Gasteiger partial charge is 0.341 e. The van der Waals surface area contributed by atoms with Crippen LogP contribution in [0, 0.1) is 28.6 Å². The fourth-order valence-electron chi connectivity index (χ4n) is 3.41. The van der Waals surface area contributed by atoms with E-state index in [1.54, 1.807) is 6.92 Å². The molecule has 0 aromatic carbocycles. The molecule has 2 aliphatic rings. The molecule has 0 spiro atoms. The van der Waals surface area contributed by atoms with Gasteiger partial charge < -0.3 is 4.90 Å². The Balaban J connectivity index is 2.03. The van der Waals surface area contributed by atoms with E-state index in [1.807, 2.05) is 11.8 Å². The topological polar surface area (TPSA) is 44.1 Å². The molecule has 1 saturated carbocycles.